The van der Waals surface area contributed by atoms with Crippen molar-refractivity contribution in [1.82, 2.24) is 10.2 Å². The lowest BCUT2D eigenvalue weighted by molar-refractivity contribution is -0.129. The molecule has 1 aromatic rings. The summed E-state index contributed by atoms with van der Waals surface area (Å²) in [6.07, 6.45) is 2.61. The Kier molecular flexibility index (Phi) is 4.14. The zero-order valence-electron chi connectivity index (χ0n) is 9.65. The Morgan fingerprint density at radius 2 is 2.12 bits per heavy atom. The normalized spacial score (nSPS) is 14.9. The minimum atomic E-state index is -0.0968. The topological polar surface area (TPSA) is 49.4 Å². The van der Waals surface area contributed by atoms with E-state index in [2.05, 4.69) is 5.32 Å². The third-order valence-electron chi connectivity index (χ3n) is 2.87. The molecular formula is C12H16N2O2S. The molecule has 0 aromatic carbocycles. The standard InChI is InChI=1S/C12H16N2O2S/c15-11(14-6-1-2-7-14)3-5-13-12(16)10-4-8-17-9-10/h4,8-9H,1-3,5-7H2,(H,13,16). The highest BCUT2D eigenvalue weighted by Gasteiger charge is 2.17. The van der Waals surface area contributed by atoms with Crippen LogP contribution in [0.1, 0.15) is 29.6 Å². The Balaban J connectivity index is 1.69. The van der Waals surface area contributed by atoms with Gasteiger partial charge in [0.25, 0.3) is 5.91 Å². The lowest BCUT2D eigenvalue weighted by Crippen LogP contribution is -2.32. The van der Waals surface area contributed by atoms with Gasteiger partial charge in [-0.15, -0.1) is 0 Å². The molecule has 2 heterocycles. The van der Waals surface area contributed by atoms with Crippen LogP contribution in [0.4, 0.5) is 0 Å². The monoisotopic (exact) mass is 252 g/mol. The van der Waals surface area contributed by atoms with Gasteiger partial charge >= 0.3 is 0 Å². The summed E-state index contributed by atoms with van der Waals surface area (Å²) >= 11 is 1.49. The van der Waals surface area contributed by atoms with Gasteiger partial charge in [-0.3, -0.25) is 9.59 Å². The summed E-state index contributed by atoms with van der Waals surface area (Å²) in [5.74, 6) is 0.0496. The molecule has 1 saturated heterocycles. The average molecular weight is 252 g/mol. The molecule has 17 heavy (non-hydrogen) atoms. The van der Waals surface area contributed by atoms with Crippen molar-refractivity contribution >= 4 is 23.2 Å². The fraction of sp³-hybridized carbons (Fsp3) is 0.500. The second-order valence-electron chi connectivity index (χ2n) is 4.11. The van der Waals surface area contributed by atoms with Gasteiger partial charge in [0.05, 0.1) is 0 Å². The fourth-order valence-electron chi connectivity index (χ4n) is 1.90. The number of nitrogens with zero attached hydrogens (tertiary/aromatic N) is 1. The molecule has 0 unspecified atom stereocenters. The number of rotatable bonds is 4. The van der Waals surface area contributed by atoms with Crippen LogP contribution in [0.2, 0.25) is 0 Å². The van der Waals surface area contributed by atoms with Gasteiger partial charge in [0.2, 0.25) is 5.91 Å². The van der Waals surface area contributed by atoms with Gasteiger partial charge in [-0.05, 0) is 24.3 Å². The summed E-state index contributed by atoms with van der Waals surface area (Å²) in [6.45, 7) is 2.17. The average Bonchev–Trinajstić information content (AvgIpc) is 3.02. The van der Waals surface area contributed by atoms with E-state index in [-0.39, 0.29) is 11.8 Å². The Hall–Kier alpha value is -1.36. The molecule has 1 aromatic heterocycles. The zero-order chi connectivity index (χ0) is 12.1. The number of hydrogen-bond acceptors (Lipinski definition) is 3. The molecular weight excluding hydrogens is 236 g/mol. The molecule has 1 aliphatic rings. The highest BCUT2D eigenvalue weighted by Crippen LogP contribution is 2.09. The largest absolute Gasteiger partial charge is 0.351 e. The Morgan fingerprint density at radius 1 is 1.35 bits per heavy atom. The first-order valence-electron chi connectivity index (χ1n) is 5.85. The number of carbonyl (C=O) groups is 2. The van der Waals surface area contributed by atoms with Gasteiger partial charge in [-0.1, -0.05) is 0 Å². The third-order valence-corrected chi connectivity index (χ3v) is 3.55. The van der Waals surface area contributed by atoms with Gasteiger partial charge in [0, 0.05) is 37.0 Å². The molecule has 0 bridgehead atoms. The van der Waals surface area contributed by atoms with Gasteiger partial charge in [0.15, 0.2) is 0 Å². The summed E-state index contributed by atoms with van der Waals surface area (Å²) in [7, 11) is 0. The van der Waals surface area contributed by atoms with Crippen LogP contribution in [-0.2, 0) is 4.79 Å². The van der Waals surface area contributed by atoms with E-state index in [9.17, 15) is 9.59 Å². The SMILES string of the molecule is O=C(NCCC(=O)N1CCCC1)c1ccsc1. The van der Waals surface area contributed by atoms with Crippen LogP contribution in [-0.4, -0.2) is 36.3 Å². The van der Waals surface area contributed by atoms with Crippen LogP contribution in [0.3, 0.4) is 0 Å². The maximum absolute atomic E-state index is 11.7. The lowest BCUT2D eigenvalue weighted by Gasteiger charge is -2.14. The Labute approximate surface area is 105 Å². The number of nitrogens with one attached hydrogen (secondary N) is 1. The molecule has 1 fully saturated rings. The van der Waals surface area contributed by atoms with Crippen molar-refractivity contribution in [2.75, 3.05) is 19.6 Å². The van der Waals surface area contributed by atoms with E-state index in [1.54, 1.807) is 11.4 Å². The van der Waals surface area contributed by atoms with Gasteiger partial charge < -0.3 is 10.2 Å². The van der Waals surface area contributed by atoms with Crippen LogP contribution in [0, 0.1) is 0 Å². The zero-order valence-corrected chi connectivity index (χ0v) is 10.5. The van der Waals surface area contributed by atoms with Crippen molar-refractivity contribution < 1.29 is 9.59 Å². The second-order valence-corrected chi connectivity index (χ2v) is 4.89. The molecule has 0 aliphatic carbocycles. The highest BCUT2D eigenvalue weighted by molar-refractivity contribution is 7.08. The van der Waals surface area contributed by atoms with Crippen molar-refractivity contribution in [1.29, 1.82) is 0 Å². The molecule has 92 valence electrons. The number of carbonyl (C=O) groups excluding carboxylic acids is 2. The van der Waals surface area contributed by atoms with Crippen LogP contribution < -0.4 is 5.32 Å². The molecule has 0 atom stereocenters. The summed E-state index contributed by atoms with van der Waals surface area (Å²) in [5, 5.41) is 6.43. The van der Waals surface area contributed by atoms with Gasteiger partial charge in [-0.25, -0.2) is 0 Å². The van der Waals surface area contributed by atoms with E-state index in [1.807, 2.05) is 10.3 Å². The van der Waals surface area contributed by atoms with E-state index >= 15 is 0 Å². The first kappa shape index (κ1) is 12.1. The van der Waals surface area contributed by atoms with E-state index in [0.717, 1.165) is 25.9 Å². The molecule has 0 spiro atoms. The Bertz CT molecular complexity index is 383. The van der Waals surface area contributed by atoms with E-state index in [0.29, 0.717) is 18.5 Å². The highest BCUT2D eigenvalue weighted by atomic mass is 32.1. The maximum atomic E-state index is 11.7. The molecule has 5 heteroatoms. The quantitative estimate of drug-likeness (QED) is 0.882. The molecule has 0 saturated carbocycles. The molecule has 2 rings (SSSR count). The van der Waals surface area contributed by atoms with Crippen molar-refractivity contribution in [3.05, 3.63) is 22.4 Å². The summed E-state index contributed by atoms with van der Waals surface area (Å²) < 4.78 is 0. The summed E-state index contributed by atoms with van der Waals surface area (Å²) in [5.41, 5.74) is 0.670. The van der Waals surface area contributed by atoms with Crippen LogP contribution >= 0.6 is 11.3 Å². The molecule has 1 aliphatic heterocycles. The number of thiophene rings is 1. The molecule has 0 radical (unpaired) electrons. The lowest BCUT2D eigenvalue weighted by atomic mass is 10.3. The maximum Gasteiger partial charge on any atom is 0.252 e. The minimum absolute atomic E-state index is 0.0968. The van der Waals surface area contributed by atoms with Crippen molar-refractivity contribution in [2.45, 2.75) is 19.3 Å². The van der Waals surface area contributed by atoms with E-state index in [4.69, 9.17) is 0 Å². The first-order valence-corrected chi connectivity index (χ1v) is 6.80. The Morgan fingerprint density at radius 3 is 2.76 bits per heavy atom. The fourth-order valence-corrected chi connectivity index (χ4v) is 2.54. The number of hydrogen-bond donors (Lipinski definition) is 1. The van der Waals surface area contributed by atoms with Gasteiger partial charge in [0.1, 0.15) is 0 Å². The predicted molar refractivity (Wildman–Crippen MR) is 67.1 cm³/mol. The van der Waals surface area contributed by atoms with Crippen LogP contribution in [0.5, 0.6) is 0 Å². The second kappa shape index (κ2) is 5.82. The summed E-state index contributed by atoms with van der Waals surface area (Å²) in [4.78, 5) is 25.1. The molecule has 4 nitrogen and oxygen atoms in total. The van der Waals surface area contributed by atoms with Crippen molar-refractivity contribution in [3.8, 4) is 0 Å². The third kappa shape index (κ3) is 3.30. The van der Waals surface area contributed by atoms with E-state index < -0.39 is 0 Å². The smallest absolute Gasteiger partial charge is 0.252 e. The van der Waals surface area contributed by atoms with Crippen LogP contribution in [0.15, 0.2) is 16.8 Å². The van der Waals surface area contributed by atoms with Crippen LogP contribution in [0.25, 0.3) is 0 Å². The van der Waals surface area contributed by atoms with Crippen molar-refractivity contribution in [3.63, 3.8) is 0 Å². The summed E-state index contributed by atoms with van der Waals surface area (Å²) in [6, 6.07) is 1.78. The number of amides is 2. The molecule has 2 amide bonds. The molecule has 1 N–H and O–H groups in total. The number of likely N-dealkylation sites (tertiary alicyclic amines) is 1. The van der Waals surface area contributed by atoms with E-state index in [1.165, 1.54) is 11.3 Å². The minimum Gasteiger partial charge on any atom is -0.351 e. The van der Waals surface area contributed by atoms with Crippen molar-refractivity contribution in [2.24, 2.45) is 0 Å². The first-order chi connectivity index (χ1) is 8.27. The van der Waals surface area contributed by atoms with Gasteiger partial charge in [-0.2, -0.15) is 11.3 Å². The predicted octanol–water partition coefficient (Wildman–Crippen LogP) is 1.49.